The van der Waals surface area contributed by atoms with E-state index in [9.17, 15) is 0 Å². The Balaban J connectivity index is 1.98. The van der Waals surface area contributed by atoms with Crippen molar-refractivity contribution in [2.24, 2.45) is 0 Å². The van der Waals surface area contributed by atoms with Crippen LogP contribution in [0, 0.1) is 0 Å². The monoisotopic (exact) mass is 249 g/mol. The number of aliphatic hydroxyl groups excluding tert-OH is 1. The van der Waals surface area contributed by atoms with Gasteiger partial charge in [-0.2, -0.15) is 0 Å². The Morgan fingerprint density at radius 2 is 2.33 bits per heavy atom. The van der Waals surface area contributed by atoms with Crippen LogP contribution in [0.3, 0.4) is 0 Å². The molecule has 3 rings (SSSR count). The van der Waals surface area contributed by atoms with Crippen molar-refractivity contribution < 1.29 is 9.84 Å². The fraction of sp³-hybridized carbons (Fsp3) is 0.545. The van der Waals surface area contributed by atoms with Crippen molar-refractivity contribution in [3.05, 3.63) is 12.7 Å². The summed E-state index contributed by atoms with van der Waals surface area (Å²) in [4.78, 5) is 12.7. The van der Waals surface area contributed by atoms with E-state index in [-0.39, 0.29) is 18.9 Å². The van der Waals surface area contributed by atoms with Crippen LogP contribution in [0.1, 0.15) is 19.1 Å². The molecule has 7 nitrogen and oxygen atoms in total. The maximum atomic E-state index is 9.09. The molecule has 0 bridgehead atoms. The standard InChI is InChI=1S/C11H15N5O2/c1-12-10-9-11(14-5-13-10)16(6-15-9)8-3-2-7(4-17)18-8/h5-8,17H,2-4H2,1H3,(H,12,13,14)/t7-,8+/m0/s1. The van der Waals surface area contributed by atoms with Crippen LogP contribution in [0.25, 0.3) is 11.2 Å². The van der Waals surface area contributed by atoms with Crippen LogP contribution in [0.4, 0.5) is 5.82 Å². The second-order valence-electron chi connectivity index (χ2n) is 4.27. The van der Waals surface area contributed by atoms with Gasteiger partial charge in [0.25, 0.3) is 0 Å². The first-order chi connectivity index (χ1) is 8.83. The third-order valence-electron chi connectivity index (χ3n) is 3.19. The minimum atomic E-state index is -0.105. The molecule has 0 radical (unpaired) electrons. The molecule has 2 N–H and O–H groups in total. The predicted octanol–water partition coefficient (Wildman–Crippen LogP) is 0.538. The van der Waals surface area contributed by atoms with Crippen LogP contribution in [0.2, 0.25) is 0 Å². The van der Waals surface area contributed by atoms with Gasteiger partial charge in [-0.3, -0.25) is 4.57 Å². The average molecular weight is 249 g/mol. The molecule has 0 unspecified atom stereocenters. The van der Waals surface area contributed by atoms with E-state index in [2.05, 4.69) is 20.3 Å². The Hall–Kier alpha value is -1.73. The summed E-state index contributed by atoms with van der Waals surface area (Å²) in [5, 5.41) is 12.1. The number of aliphatic hydroxyl groups is 1. The van der Waals surface area contributed by atoms with Crippen molar-refractivity contribution in [3.63, 3.8) is 0 Å². The maximum absolute atomic E-state index is 9.09. The second kappa shape index (κ2) is 4.51. The number of hydrogen-bond acceptors (Lipinski definition) is 6. The fourth-order valence-corrected chi connectivity index (χ4v) is 2.27. The van der Waals surface area contributed by atoms with Crippen LogP contribution in [0.5, 0.6) is 0 Å². The minimum absolute atomic E-state index is 0.0554. The van der Waals surface area contributed by atoms with E-state index in [0.29, 0.717) is 5.82 Å². The average Bonchev–Trinajstić information content (AvgIpc) is 3.03. The Kier molecular flexibility index (Phi) is 2.85. The smallest absolute Gasteiger partial charge is 0.167 e. The van der Waals surface area contributed by atoms with Gasteiger partial charge in [0.1, 0.15) is 18.1 Å². The molecule has 3 heterocycles. The highest BCUT2D eigenvalue weighted by Gasteiger charge is 2.27. The zero-order chi connectivity index (χ0) is 12.5. The summed E-state index contributed by atoms with van der Waals surface area (Å²) in [5.41, 5.74) is 1.48. The number of nitrogens with zero attached hydrogens (tertiary/aromatic N) is 4. The van der Waals surface area contributed by atoms with Gasteiger partial charge in [0, 0.05) is 7.05 Å². The van der Waals surface area contributed by atoms with Crippen molar-refractivity contribution in [1.29, 1.82) is 0 Å². The highest BCUT2D eigenvalue weighted by atomic mass is 16.5. The lowest BCUT2D eigenvalue weighted by Gasteiger charge is -2.13. The van der Waals surface area contributed by atoms with E-state index in [1.807, 2.05) is 4.57 Å². The Bertz CT molecular complexity index is 555. The van der Waals surface area contributed by atoms with Gasteiger partial charge >= 0.3 is 0 Å². The molecule has 96 valence electrons. The molecule has 0 spiro atoms. The number of aromatic nitrogens is 4. The molecule has 1 fully saturated rings. The van der Waals surface area contributed by atoms with Crippen molar-refractivity contribution in [2.75, 3.05) is 19.0 Å². The summed E-state index contributed by atoms with van der Waals surface area (Å²) in [5.74, 6) is 0.704. The molecule has 0 amide bonds. The van der Waals surface area contributed by atoms with Crippen LogP contribution < -0.4 is 5.32 Å². The zero-order valence-electron chi connectivity index (χ0n) is 10.1. The quantitative estimate of drug-likeness (QED) is 0.825. The second-order valence-corrected chi connectivity index (χ2v) is 4.27. The van der Waals surface area contributed by atoms with Gasteiger partial charge in [-0.05, 0) is 12.8 Å². The number of nitrogens with one attached hydrogen (secondary N) is 1. The van der Waals surface area contributed by atoms with E-state index >= 15 is 0 Å². The maximum Gasteiger partial charge on any atom is 0.167 e. The molecule has 0 aliphatic carbocycles. The van der Waals surface area contributed by atoms with Crippen LogP contribution in [0.15, 0.2) is 12.7 Å². The number of imidazole rings is 1. The summed E-state index contributed by atoms with van der Waals surface area (Å²) in [6, 6.07) is 0. The van der Waals surface area contributed by atoms with Gasteiger partial charge in [0.2, 0.25) is 0 Å². The van der Waals surface area contributed by atoms with E-state index in [1.54, 1.807) is 13.4 Å². The molecule has 1 aliphatic heterocycles. The van der Waals surface area contributed by atoms with Gasteiger partial charge < -0.3 is 15.2 Å². The molecule has 7 heteroatoms. The molecule has 2 aromatic rings. The molecule has 0 saturated carbocycles. The van der Waals surface area contributed by atoms with Crippen molar-refractivity contribution >= 4 is 17.0 Å². The number of ether oxygens (including phenoxy) is 1. The lowest BCUT2D eigenvalue weighted by molar-refractivity contribution is -0.0207. The van der Waals surface area contributed by atoms with Gasteiger partial charge in [-0.25, -0.2) is 15.0 Å². The van der Waals surface area contributed by atoms with Gasteiger partial charge in [-0.15, -0.1) is 0 Å². The highest BCUT2D eigenvalue weighted by molar-refractivity contribution is 5.82. The van der Waals surface area contributed by atoms with E-state index < -0.39 is 0 Å². The number of hydrogen-bond donors (Lipinski definition) is 2. The number of rotatable bonds is 3. The number of fused-ring (bicyclic) bond motifs is 1. The van der Waals surface area contributed by atoms with Crippen LogP contribution in [-0.2, 0) is 4.74 Å². The molecule has 0 aromatic carbocycles. The van der Waals surface area contributed by atoms with E-state index in [0.717, 1.165) is 24.0 Å². The van der Waals surface area contributed by atoms with E-state index in [1.165, 1.54) is 6.33 Å². The summed E-state index contributed by atoms with van der Waals surface area (Å²) in [6.45, 7) is 0.0554. The highest BCUT2D eigenvalue weighted by Crippen LogP contribution is 2.30. The van der Waals surface area contributed by atoms with Crippen LogP contribution >= 0.6 is 0 Å². The van der Waals surface area contributed by atoms with Gasteiger partial charge in [0.05, 0.1) is 19.0 Å². The summed E-state index contributed by atoms with van der Waals surface area (Å²) in [7, 11) is 1.80. The first-order valence-corrected chi connectivity index (χ1v) is 5.95. The lowest BCUT2D eigenvalue weighted by Crippen LogP contribution is -2.14. The molecule has 1 saturated heterocycles. The zero-order valence-corrected chi connectivity index (χ0v) is 10.1. The van der Waals surface area contributed by atoms with Crippen molar-refractivity contribution in [1.82, 2.24) is 19.5 Å². The summed E-state index contributed by atoms with van der Waals surface area (Å²) >= 11 is 0. The first-order valence-electron chi connectivity index (χ1n) is 5.95. The van der Waals surface area contributed by atoms with Gasteiger partial charge in [0.15, 0.2) is 11.5 Å². The van der Waals surface area contributed by atoms with Crippen molar-refractivity contribution in [2.45, 2.75) is 25.2 Å². The molecular weight excluding hydrogens is 234 g/mol. The van der Waals surface area contributed by atoms with Crippen LogP contribution in [-0.4, -0.2) is 44.4 Å². The Labute approximate surface area is 104 Å². The predicted molar refractivity (Wildman–Crippen MR) is 65.1 cm³/mol. The Morgan fingerprint density at radius 3 is 3.06 bits per heavy atom. The third-order valence-corrected chi connectivity index (χ3v) is 3.19. The normalized spacial score (nSPS) is 23.7. The summed E-state index contributed by atoms with van der Waals surface area (Å²) in [6.07, 6.45) is 4.74. The molecular formula is C11H15N5O2. The third kappa shape index (κ3) is 1.72. The first kappa shape index (κ1) is 11.4. The molecule has 1 aliphatic rings. The fourth-order valence-electron chi connectivity index (χ4n) is 2.27. The SMILES string of the molecule is CNc1ncnc2c1ncn2[C@H]1CC[C@@H](CO)O1. The van der Waals surface area contributed by atoms with E-state index in [4.69, 9.17) is 9.84 Å². The molecule has 2 atom stereocenters. The molecule has 18 heavy (non-hydrogen) atoms. The van der Waals surface area contributed by atoms with Crippen molar-refractivity contribution in [3.8, 4) is 0 Å². The minimum Gasteiger partial charge on any atom is -0.394 e. The summed E-state index contributed by atoms with van der Waals surface area (Å²) < 4.78 is 7.63. The van der Waals surface area contributed by atoms with Gasteiger partial charge in [-0.1, -0.05) is 0 Å². The largest absolute Gasteiger partial charge is 0.394 e. The Morgan fingerprint density at radius 1 is 1.44 bits per heavy atom. The topological polar surface area (TPSA) is 85.1 Å². The lowest BCUT2D eigenvalue weighted by atomic mass is 10.2. The number of anilines is 1. The molecule has 2 aromatic heterocycles.